The van der Waals surface area contributed by atoms with Crippen molar-refractivity contribution in [2.45, 2.75) is 13.0 Å². The fourth-order valence-electron chi connectivity index (χ4n) is 2.33. The summed E-state index contributed by atoms with van der Waals surface area (Å²) in [5.74, 6) is -2.27. The molecule has 2 aromatic carbocycles. The highest BCUT2D eigenvalue weighted by atomic mass is 16.5. The molecule has 2 aromatic rings. The largest absolute Gasteiger partial charge is 0.493 e. The first-order chi connectivity index (χ1) is 13.9. The lowest BCUT2D eigenvalue weighted by Gasteiger charge is -2.13. The van der Waals surface area contributed by atoms with E-state index in [-0.39, 0.29) is 11.8 Å². The van der Waals surface area contributed by atoms with Gasteiger partial charge in [0.25, 0.3) is 0 Å². The summed E-state index contributed by atoms with van der Waals surface area (Å²) >= 11 is 0. The lowest BCUT2D eigenvalue weighted by atomic mass is 10.1. The van der Waals surface area contributed by atoms with Crippen LogP contribution in [0.4, 0.5) is 0 Å². The Morgan fingerprint density at radius 3 is 2.48 bits per heavy atom. The second-order valence-electron chi connectivity index (χ2n) is 5.90. The minimum atomic E-state index is -1.11. The molecule has 0 aliphatic carbocycles. The van der Waals surface area contributed by atoms with Gasteiger partial charge in [-0.25, -0.2) is 10.2 Å². The fourth-order valence-corrected chi connectivity index (χ4v) is 2.33. The number of carbonyl (C=O) groups excluding carboxylic acids is 2. The van der Waals surface area contributed by atoms with Gasteiger partial charge in [0.2, 0.25) is 0 Å². The Hall–Kier alpha value is -3.88. The van der Waals surface area contributed by atoms with Crippen molar-refractivity contribution in [3.63, 3.8) is 0 Å². The van der Waals surface area contributed by atoms with Crippen LogP contribution in [0.15, 0.2) is 53.6 Å². The Morgan fingerprint density at radius 2 is 1.83 bits per heavy atom. The maximum Gasteiger partial charge on any atom is 0.341 e. The molecule has 0 heterocycles. The van der Waals surface area contributed by atoms with Crippen LogP contribution >= 0.6 is 0 Å². The molecule has 3 N–H and O–H groups in total. The van der Waals surface area contributed by atoms with E-state index in [0.717, 1.165) is 5.56 Å². The molecule has 0 radical (unpaired) electrons. The van der Waals surface area contributed by atoms with Gasteiger partial charge in [-0.05, 0) is 36.2 Å². The normalized spacial score (nSPS) is 11.5. The van der Waals surface area contributed by atoms with Crippen molar-refractivity contribution in [3.05, 3.63) is 59.7 Å². The molecule has 0 unspecified atom stereocenters. The molecule has 0 aromatic heterocycles. The molecule has 2 amide bonds. The summed E-state index contributed by atoms with van der Waals surface area (Å²) in [6, 6.07) is 13.6. The van der Waals surface area contributed by atoms with Crippen LogP contribution in [0.2, 0.25) is 0 Å². The van der Waals surface area contributed by atoms with Gasteiger partial charge in [0.05, 0.1) is 19.4 Å². The molecule has 0 saturated heterocycles. The summed E-state index contributed by atoms with van der Waals surface area (Å²) in [6.45, 7) is 1.26. The van der Waals surface area contributed by atoms with Crippen molar-refractivity contribution in [3.8, 4) is 11.5 Å². The summed E-state index contributed by atoms with van der Waals surface area (Å²) < 4.78 is 10.2. The number of nitrogens with zero attached hydrogens (tertiary/aromatic N) is 1. The monoisotopic (exact) mass is 399 g/mol. The zero-order valence-corrected chi connectivity index (χ0v) is 15.9. The van der Waals surface area contributed by atoms with E-state index in [1.54, 1.807) is 19.1 Å². The number of rotatable bonds is 8. The summed E-state index contributed by atoms with van der Waals surface area (Å²) in [5, 5.41) is 15.0. The molecule has 29 heavy (non-hydrogen) atoms. The van der Waals surface area contributed by atoms with Crippen LogP contribution in [0.25, 0.3) is 0 Å². The number of aliphatic carboxylic acids is 1. The molecular weight excluding hydrogens is 378 g/mol. The molecule has 0 aliphatic rings. The predicted octanol–water partition coefficient (Wildman–Crippen LogP) is 1.49. The van der Waals surface area contributed by atoms with Crippen LogP contribution in [-0.4, -0.2) is 42.8 Å². The molecule has 0 spiro atoms. The van der Waals surface area contributed by atoms with Crippen LogP contribution in [-0.2, 0) is 14.4 Å². The second-order valence-corrected chi connectivity index (χ2v) is 5.90. The van der Waals surface area contributed by atoms with Gasteiger partial charge in [-0.2, -0.15) is 5.10 Å². The Labute approximate surface area is 167 Å². The Bertz CT molecular complexity index is 898. The van der Waals surface area contributed by atoms with E-state index in [9.17, 15) is 14.4 Å². The van der Waals surface area contributed by atoms with E-state index in [0.29, 0.717) is 11.3 Å². The molecule has 9 nitrogen and oxygen atoms in total. The number of methoxy groups -OCH3 is 1. The van der Waals surface area contributed by atoms with Crippen molar-refractivity contribution in [2.24, 2.45) is 5.10 Å². The molecule has 1 atom stereocenters. The predicted molar refractivity (Wildman–Crippen MR) is 105 cm³/mol. The van der Waals surface area contributed by atoms with Crippen LogP contribution in [0.5, 0.6) is 11.5 Å². The highest BCUT2D eigenvalue weighted by molar-refractivity contribution is 6.35. The summed E-state index contributed by atoms with van der Waals surface area (Å²) in [5.41, 5.74) is 3.56. The van der Waals surface area contributed by atoms with Gasteiger partial charge in [0.1, 0.15) is 0 Å². The maximum atomic E-state index is 12.0. The second kappa shape index (κ2) is 10.5. The molecule has 0 saturated carbocycles. The first-order valence-corrected chi connectivity index (χ1v) is 8.62. The summed E-state index contributed by atoms with van der Waals surface area (Å²) in [7, 11) is 1.41. The number of amides is 2. The van der Waals surface area contributed by atoms with Gasteiger partial charge < -0.3 is 19.9 Å². The quantitative estimate of drug-likeness (QED) is 0.351. The zero-order chi connectivity index (χ0) is 21.2. The number of carboxylic acid groups (broad SMARTS) is 1. The van der Waals surface area contributed by atoms with Crippen molar-refractivity contribution in [1.82, 2.24) is 10.7 Å². The van der Waals surface area contributed by atoms with E-state index >= 15 is 0 Å². The van der Waals surface area contributed by atoms with E-state index in [4.69, 9.17) is 14.6 Å². The number of carboxylic acids is 1. The summed E-state index contributed by atoms with van der Waals surface area (Å²) in [4.78, 5) is 34.4. The lowest BCUT2D eigenvalue weighted by molar-refractivity contribution is -0.139. The number of hydrogen-bond donors (Lipinski definition) is 3. The van der Waals surface area contributed by atoms with Gasteiger partial charge in [0.15, 0.2) is 18.1 Å². The first kappa shape index (κ1) is 21.4. The molecule has 152 valence electrons. The number of ether oxygens (including phenoxy) is 2. The first-order valence-electron chi connectivity index (χ1n) is 8.62. The van der Waals surface area contributed by atoms with E-state index in [2.05, 4.69) is 15.8 Å². The highest BCUT2D eigenvalue weighted by Gasteiger charge is 2.16. The van der Waals surface area contributed by atoms with Crippen molar-refractivity contribution < 1.29 is 29.0 Å². The molecule has 2 rings (SSSR count). The van der Waals surface area contributed by atoms with Crippen molar-refractivity contribution in [1.29, 1.82) is 0 Å². The molecular formula is C20H21N3O6. The van der Waals surface area contributed by atoms with Gasteiger partial charge in [-0.3, -0.25) is 9.59 Å². The minimum absolute atomic E-state index is 0.255. The number of hydrazone groups is 1. The standard InChI is InChI=1S/C20H21N3O6/c1-13(15-6-4-3-5-7-15)22-19(26)20(27)23-21-11-14-8-9-16(17(10-14)28-2)29-12-18(24)25/h3-11,13H,12H2,1-2H3,(H,22,26)(H,23,27)(H,24,25)/b21-11-/t13-/m0/s1. The molecule has 0 aliphatic heterocycles. The van der Waals surface area contributed by atoms with Crippen LogP contribution in [0.1, 0.15) is 24.1 Å². The van der Waals surface area contributed by atoms with Crippen molar-refractivity contribution in [2.75, 3.05) is 13.7 Å². The smallest absolute Gasteiger partial charge is 0.341 e. The Morgan fingerprint density at radius 1 is 1.10 bits per heavy atom. The lowest BCUT2D eigenvalue weighted by Crippen LogP contribution is -2.39. The van der Waals surface area contributed by atoms with Gasteiger partial charge >= 0.3 is 17.8 Å². The molecule has 9 heteroatoms. The Kier molecular flexibility index (Phi) is 7.72. The average Bonchev–Trinajstić information content (AvgIpc) is 2.72. The molecule has 0 bridgehead atoms. The third-order valence-electron chi connectivity index (χ3n) is 3.77. The zero-order valence-electron chi connectivity index (χ0n) is 15.9. The third kappa shape index (κ3) is 6.65. The maximum absolute atomic E-state index is 12.0. The van der Waals surface area contributed by atoms with Crippen LogP contribution in [0, 0.1) is 0 Å². The average molecular weight is 399 g/mol. The van der Waals surface area contributed by atoms with Gasteiger partial charge in [0, 0.05) is 0 Å². The van der Waals surface area contributed by atoms with E-state index < -0.39 is 24.4 Å². The summed E-state index contributed by atoms with van der Waals surface area (Å²) in [6.07, 6.45) is 1.31. The highest BCUT2D eigenvalue weighted by Crippen LogP contribution is 2.27. The van der Waals surface area contributed by atoms with Gasteiger partial charge in [-0.15, -0.1) is 0 Å². The van der Waals surface area contributed by atoms with Crippen LogP contribution < -0.4 is 20.2 Å². The Balaban J connectivity index is 1.91. The minimum Gasteiger partial charge on any atom is -0.493 e. The topological polar surface area (TPSA) is 126 Å². The van der Waals surface area contributed by atoms with Crippen LogP contribution in [0.3, 0.4) is 0 Å². The SMILES string of the molecule is COc1cc(/C=N\NC(=O)C(=O)N[C@@H](C)c2ccccc2)ccc1OCC(=O)O. The fraction of sp³-hybridized carbons (Fsp3) is 0.200. The number of benzene rings is 2. The van der Waals surface area contributed by atoms with E-state index in [1.807, 2.05) is 30.3 Å². The molecule has 0 fully saturated rings. The number of nitrogens with one attached hydrogen (secondary N) is 2. The third-order valence-corrected chi connectivity index (χ3v) is 3.77. The number of hydrogen-bond acceptors (Lipinski definition) is 6. The van der Waals surface area contributed by atoms with Gasteiger partial charge in [-0.1, -0.05) is 30.3 Å². The van der Waals surface area contributed by atoms with Crippen molar-refractivity contribution >= 4 is 24.0 Å². The number of carbonyl (C=O) groups is 3. The van der Waals surface area contributed by atoms with E-state index in [1.165, 1.54) is 19.4 Å².